The molecule has 0 bridgehead atoms. The van der Waals surface area contributed by atoms with Crippen LogP contribution in [0.25, 0.3) is 11.0 Å². The average molecular weight is 382 g/mol. The van der Waals surface area contributed by atoms with Crippen LogP contribution >= 0.6 is 0 Å². The third kappa shape index (κ3) is 4.60. The molecule has 0 fully saturated rings. The topological polar surface area (TPSA) is 110 Å². The number of nitrogens with zero attached hydrogens (tertiary/aromatic N) is 3. The highest BCUT2D eigenvalue weighted by Crippen LogP contribution is 2.21. The van der Waals surface area contributed by atoms with Crippen molar-refractivity contribution in [1.82, 2.24) is 19.2 Å². The van der Waals surface area contributed by atoms with E-state index in [2.05, 4.69) is 10.3 Å². The van der Waals surface area contributed by atoms with E-state index in [1.807, 2.05) is 25.5 Å². The van der Waals surface area contributed by atoms with E-state index in [4.69, 9.17) is 5.73 Å². The first-order valence-electron chi connectivity index (χ1n) is 8.35. The van der Waals surface area contributed by atoms with Gasteiger partial charge in [0.25, 0.3) is 0 Å². The van der Waals surface area contributed by atoms with Crippen molar-refractivity contribution in [3.05, 3.63) is 24.0 Å². The number of aryl methyl sites for hydroxylation is 2. The molecule has 1 aromatic carbocycles. The van der Waals surface area contributed by atoms with E-state index in [1.54, 1.807) is 18.2 Å². The van der Waals surface area contributed by atoms with Gasteiger partial charge < -0.3 is 15.6 Å². The molecule has 0 saturated heterocycles. The molecule has 0 aliphatic heterocycles. The van der Waals surface area contributed by atoms with Crippen molar-refractivity contribution in [3.8, 4) is 0 Å². The number of carbonyl (C=O) groups is 1. The summed E-state index contributed by atoms with van der Waals surface area (Å²) >= 11 is 0. The Balaban J connectivity index is 2.17. The fourth-order valence-electron chi connectivity index (χ4n) is 2.46. The SMILES string of the molecule is CN(C)S(=O)(=O)c1ccc2c(c1)nc(CCC(=O)NCC(C)(C)N)n2C. The molecular weight excluding hydrogens is 354 g/mol. The average Bonchev–Trinajstić information content (AvgIpc) is 2.85. The van der Waals surface area contributed by atoms with Gasteiger partial charge in [-0.1, -0.05) is 0 Å². The number of sulfonamides is 1. The van der Waals surface area contributed by atoms with Crippen LogP contribution in [0.15, 0.2) is 23.1 Å². The summed E-state index contributed by atoms with van der Waals surface area (Å²) in [6.07, 6.45) is 0.744. The van der Waals surface area contributed by atoms with Crippen LogP contribution in [0, 0.1) is 0 Å². The minimum Gasteiger partial charge on any atom is -0.354 e. The van der Waals surface area contributed by atoms with Crippen molar-refractivity contribution in [1.29, 1.82) is 0 Å². The fourth-order valence-corrected chi connectivity index (χ4v) is 3.39. The second-order valence-electron chi connectivity index (χ2n) is 7.29. The van der Waals surface area contributed by atoms with Crippen LogP contribution in [-0.4, -0.2) is 54.4 Å². The molecule has 0 radical (unpaired) electrons. The number of aromatic nitrogens is 2. The molecule has 0 spiro atoms. The minimum absolute atomic E-state index is 0.0912. The summed E-state index contributed by atoms with van der Waals surface area (Å²) in [6.45, 7) is 4.09. The van der Waals surface area contributed by atoms with Crippen molar-refractivity contribution >= 4 is 27.0 Å². The smallest absolute Gasteiger partial charge is 0.242 e. The number of amides is 1. The van der Waals surface area contributed by atoms with Crippen LogP contribution in [0.1, 0.15) is 26.1 Å². The predicted molar refractivity (Wildman–Crippen MR) is 101 cm³/mol. The van der Waals surface area contributed by atoms with Gasteiger partial charge in [-0.15, -0.1) is 0 Å². The number of hydrogen-bond donors (Lipinski definition) is 2. The van der Waals surface area contributed by atoms with E-state index in [0.29, 0.717) is 18.5 Å². The summed E-state index contributed by atoms with van der Waals surface area (Å²) in [5.41, 5.74) is 6.81. The number of rotatable bonds is 7. The molecule has 0 saturated carbocycles. The molecule has 1 heterocycles. The first-order valence-corrected chi connectivity index (χ1v) is 9.79. The molecule has 9 heteroatoms. The standard InChI is InChI=1S/C17H27N5O3S/c1-17(2,18)11-19-16(23)9-8-15-20-13-10-12(26(24,25)21(3)4)6-7-14(13)22(15)5/h6-7,10H,8-9,11,18H2,1-5H3,(H,19,23). The van der Waals surface area contributed by atoms with Gasteiger partial charge in [-0.05, 0) is 32.0 Å². The molecule has 2 aromatic rings. The number of benzene rings is 1. The van der Waals surface area contributed by atoms with E-state index >= 15 is 0 Å². The highest BCUT2D eigenvalue weighted by molar-refractivity contribution is 7.89. The number of carbonyl (C=O) groups excluding carboxylic acids is 1. The fraction of sp³-hybridized carbons (Fsp3) is 0.529. The van der Waals surface area contributed by atoms with Crippen molar-refractivity contribution in [2.75, 3.05) is 20.6 Å². The molecule has 0 aliphatic carbocycles. The molecule has 144 valence electrons. The Hall–Kier alpha value is -1.97. The Bertz CT molecular complexity index is 910. The maximum atomic E-state index is 12.3. The highest BCUT2D eigenvalue weighted by atomic mass is 32.2. The zero-order valence-corrected chi connectivity index (χ0v) is 16.7. The second-order valence-corrected chi connectivity index (χ2v) is 9.44. The van der Waals surface area contributed by atoms with Gasteiger partial charge in [-0.3, -0.25) is 4.79 Å². The molecule has 26 heavy (non-hydrogen) atoms. The summed E-state index contributed by atoms with van der Waals surface area (Å²) in [5, 5.41) is 2.80. The lowest BCUT2D eigenvalue weighted by Gasteiger charge is -2.18. The lowest BCUT2D eigenvalue weighted by Crippen LogP contribution is -2.45. The van der Waals surface area contributed by atoms with Gasteiger partial charge in [-0.2, -0.15) is 0 Å². The Morgan fingerprint density at radius 3 is 2.58 bits per heavy atom. The molecule has 0 atom stereocenters. The van der Waals surface area contributed by atoms with Gasteiger partial charge in [0.05, 0.1) is 15.9 Å². The molecule has 1 amide bonds. The Kier molecular flexibility index (Phi) is 5.74. The minimum atomic E-state index is -3.51. The van der Waals surface area contributed by atoms with E-state index < -0.39 is 15.6 Å². The molecule has 2 rings (SSSR count). The molecule has 3 N–H and O–H groups in total. The largest absolute Gasteiger partial charge is 0.354 e. The third-order valence-corrected chi connectivity index (χ3v) is 5.85. The van der Waals surface area contributed by atoms with Gasteiger partial charge in [0, 0.05) is 46.1 Å². The van der Waals surface area contributed by atoms with Crippen LogP contribution in [0.2, 0.25) is 0 Å². The van der Waals surface area contributed by atoms with Gasteiger partial charge in [0.1, 0.15) is 5.82 Å². The summed E-state index contributed by atoms with van der Waals surface area (Å²) in [4.78, 5) is 16.7. The number of hydrogen-bond acceptors (Lipinski definition) is 5. The van der Waals surface area contributed by atoms with Crippen molar-refractivity contribution in [2.45, 2.75) is 37.1 Å². The summed E-state index contributed by atoms with van der Waals surface area (Å²) in [6, 6.07) is 4.86. The Morgan fingerprint density at radius 2 is 2.00 bits per heavy atom. The van der Waals surface area contributed by atoms with Crippen LogP contribution < -0.4 is 11.1 Å². The lowest BCUT2D eigenvalue weighted by atomic mass is 10.1. The predicted octanol–water partition coefficient (Wildman–Crippen LogP) is 0.610. The number of nitrogens with one attached hydrogen (secondary N) is 1. The van der Waals surface area contributed by atoms with E-state index in [-0.39, 0.29) is 17.2 Å². The van der Waals surface area contributed by atoms with Crippen molar-refractivity contribution in [2.24, 2.45) is 12.8 Å². The Morgan fingerprint density at radius 1 is 1.35 bits per heavy atom. The van der Waals surface area contributed by atoms with Gasteiger partial charge >= 0.3 is 0 Å². The molecule has 0 aliphatic rings. The van der Waals surface area contributed by atoms with Crippen LogP contribution in [-0.2, 0) is 28.3 Å². The lowest BCUT2D eigenvalue weighted by molar-refractivity contribution is -0.121. The number of nitrogens with two attached hydrogens (primary N) is 1. The zero-order valence-electron chi connectivity index (χ0n) is 15.9. The summed E-state index contributed by atoms with van der Waals surface area (Å²) < 4.78 is 27.6. The molecule has 8 nitrogen and oxygen atoms in total. The highest BCUT2D eigenvalue weighted by Gasteiger charge is 2.19. The van der Waals surface area contributed by atoms with Gasteiger partial charge in [0.15, 0.2) is 0 Å². The van der Waals surface area contributed by atoms with Crippen LogP contribution in [0.5, 0.6) is 0 Å². The maximum absolute atomic E-state index is 12.3. The summed E-state index contributed by atoms with van der Waals surface area (Å²) in [7, 11) is 1.32. The molecule has 0 unspecified atom stereocenters. The van der Waals surface area contributed by atoms with E-state index in [1.165, 1.54) is 18.4 Å². The van der Waals surface area contributed by atoms with E-state index in [0.717, 1.165) is 11.3 Å². The van der Waals surface area contributed by atoms with Gasteiger partial charge in [-0.25, -0.2) is 17.7 Å². The molecule has 1 aromatic heterocycles. The first kappa shape index (κ1) is 20.3. The van der Waals surface area contributed by atoms with Crippen LogP contribution in [0.4, 0.5) is 0 Å². The van der Waals surface area contributed by atoms with Crippen LogP contribution in [0.3, 0.4) is 0 Å². The quantitative estimate of drug-likeness (QED) is 0.730. The second kappa shape index (κ2) is 7.34. The summed E-state index contributed by atoms with van der Waals surface area (Å²) in [5.74, 6) is 0.632. The van der Waals surface area contributed by atoms with E-state index in [9.17, 15) is 13.2 Å². The Labute approximate surface area is 154 Å². The number of imidazole rings is 1. The maximum Gasteiger partial charge on any atom is 0.242 e. The zero-order chi connectivity index (χ0) is 19.7. The molecular formula is C17H27N5O3S. The normalized spacial score (nSPS) is 12.7. The number of fused-ring (bicyclic) bond motifs is 1. The van der Waals surface area contributed by atoms with Crippen molar-refractivity contribution < 1.29 is 13.2 Å². The monoisotopic (exact) mass is 381 g/mol. The third-order valence-electron chi connectivity index (χ3n) is 4.04. The van der Waals surface area contributed by atoms with Crippen molar-refractivity contribution in [3.63, 3.8) is 0 Å². The van der Waals surface area contributed by atoms with Gasteiger partial charge in [0.2, 0.25) is 15.9 Å². The first-order chi connectivity index (χ1) is 11.9.